The van der Waals surface area contributed by atoms with Gasteiger partial charge in [-0.05, 0) is 36.4 Å². The minimum Gasteiger partial charge on any atom is -0.369 e. The number of para-hydroxylation sites is 1. The fourth-order valence-electron chi connectivity index (χ4n) is 2.73. The Hall–Kier alpha value is -2.20. The summed E-state index contributed by atoms with van der Waals surface area (Å²) >= 11 is 0. The molecule has 1 fully saturated rings. The predicted molar refractivity (Wildman–Crippen MR) is 85.8 cm³/mol. The quantitative estimate of drug-likeness (QED) is 0.811. The Morgan fingerprint density at radius 1 is 0.909 bits per heavy atom. The third-order valence-electron chi connectivity index (χ3n) is 4.03. The molecule has 0 aliphatic carbocycles. The molecule has 0 spiro atoms. The van der Waals surface area contributed by atoms with Gasteiger partial charge in [0.15, 0.2) is 5.78 Å². The van der Waals surface area contributed by atoms with Gasteiger partial charge in [-0.3, -0.25) is 9.69 Å². The standard InChI is InChI=1S/C18H19FN2O/c19-16-8-6-15(7-9-16)18(22)14-20-10-12-21(13-11-20)17-4-2-1-3-5-17/h1-9H,10-14H2. The molecule has 114 valence electrons. The first kappa shape index (κ1) is 14.7. The van der Waals surface area contributed by atoms with Gasteiger partial charge in [-0.2, -0.15) is 0 Å². The van der Waals surface area contributed by atoms with Crippen LogP contribution in [-0.2, 0) is 0 Å². The fraction of sp³-hybridized carbons (Fsp3) is 0.278. The molecule has 0 aromatic heterocycles. The van der Waals surface area contributed by atoms with Gasteiger partial charge in [-0.25, -0.2) is 4.39 Å². The second-order valence-electron chi connectivity index (χ2n) is 5.53. The van der Waals surface area contributed by atoms with E-state index in [1.165, 1.54) is 17.8 Å². The van der Waals surface area contributed by atoms with Crippen LogP contribution in [-0.4, -0.2) is 43.4 Å². The zero-order valence-corrected chi connectivity index (χ0v) is 12.4. The molecule has 2 aromatic carbocycles. The minimum atomic E-state index is -0.312. The molecule has 1 aliphatic rings. The molecule has 0 atom stereocenters. The van der Waals surface area contributed by atoms with Crippen molar-refractivity contribution in [1.82, 2.24) is 4.90 Å². The number of hydrogen-bond acceptors (Lipinski definition) is 3. The van der Waals surface area contributed by atoms with Crippen LogP contribution in [0.2, 0.25) is 0 Å². The number of anilines is 1. The first-order chi connectivity index (χ1) is 10.7. The van der Waals surface area contributed by atoms with Crippen LogP contribution in [0.1, 0.15) is 10.4 Å². The summed E-state index contributed by atoms with van der Waals surface area (Å²) in [4.78, 5) is 16.7. The van der Waals surface area contributed by atoms with Gasteiger partial charge in [-0.1, -0.05) is 18.2 Å². The maximum atomic E-state index is 12.9. The maximum Gasteiger partial charge on any atom is 0.176 e. The van der Waals surface area contributed by atoms with Crippen LogP contribution < -0.4 is 4.90 Å². The number of benzene rings is 2. The van der Waals surface area contributed by atoms with Gasteiger partial charge < -0.3 is 4.90 Å². The van der Waals surface area contributed by atoms with Crippen LogP contribution in [0.5, 0.6) is 0 Å². The van der Waals surface area contributed by atoms with Gasteiger partial charge in [0.1, 0.15) is 5.82 Å². The van der Waals surface area contributed by atoms with Crippen molar-refractivity contribution in [2.75, 3.05) is 37.6 Å². The second-order valence-corrected chi connectivity index (χ2v) is 5.53. The zero-order valence-electron chi connectivity index (χ0n) is 12.4. The third kappa shape index (κ3) is 3.52. The summed E-state index contributed by atoms with van der Waals surface area (Å²) in [6.45, 7) is 3.96. The summed E-state index contributed by atoms with van der Waals surface area (Å²) in [7, 11) is 0. The van der Waals surface area contributed by atoms with E-state index in [4.69, 9.17) is 0 Å². The van der Waals surface area contributed by atoms with E-state index in [1.54, 1.807) is 12.1 Å². The topological polar surface area (TPSA) is 23.6 Å². The number of halogens is 1. The molecule has 0 N–H and O–H groups in total. The SMILES string of the molecule is O=C(CN1CCN(c2ccccc2)CC1)c1ccc(F)cc1. The molecule has 3 rings (SSSR count). The number of hydrogen-bond donors (Lipinski definition) is 0. The van der Waals surface area contributed by atoms with Gasteiger partial charge in [-0.15, -0.1) is 0 Å². The van der Waals surface area contributed by atoms with E-state index in [0.29, 0.717) is 12.1 Å². The Kier molecular flexibility index (Phi) is 4.49. The Labute approximate surface area is 130 Å². The van der Waals surface area contributed by atoms with Crippen LogP contribution >= 0.6 is 0 Å². The first-order valence-electron chi connectivity index (χ1n) is 7.53. The van der Waals surface area contributed by atoms with Gasteiger partial charge in [0.2, 0.25) is 0 Å². The lowest BCUT2D eigenvalue weighted by atomic mass is 10.1. The molecule has 22 heavy (non-hydrogen) atoms. The molecule has 3 nitrogen and oxygen atoms in total. The fourth-order valence-corrected chi connectivity index (χ4v) is 2.73. The summed E-state index contributed by atoms with van der Waals surface area (Å²) in [6, 6.07) is 16.1. The summed E-state index contributed by atoms with van der Waals surface area (Å²) < 4.78 is 12.9. The minimum absolute atomic E-state index is 0.0492. The Bertz CT molecular complexity index is 619. The van der Waals surface area contributed by atoms with E-state index >= 15 is 0 Å². The number of carbonyl (C=O) groups excluding carboxylic acids is 1. The molecule has 0 saturated carbocycles. The highest BCUT2D eigenvalue weighted by atomic mass is 19.1. The lowest BCUT2D eigenvalue weighted by molar-refractivity contribution is 0.0926. The van der Waals surface area contributed by atoms with Gasteiger partial charge in [0.25, 0.3) is 0 Å². The largest absolute Gasteiger partial charge is 0.369 e. The van der Waals surface area contributed by atoms with Crippen molar-refractivity contribution in [3.8, 4) is 0 Å². The molecule has 1 aliphatic heterocycles. The van der Waals surface area contributed by atoms with Crippen molar-refractivity contribution in [2.24, 2.45) is 0 Å². The third-order valence-corrected chi connectivity index (χ3v) is 4.03. The van der Waals surface area contributed by atoms with Crippen molar-refractivity contribution >= 4 is 11.5 Å². The molecular formula is C18H19FN2O. The summed E-state index contributed by atoms with van der Waals surface area (Å²) in [5, 5.41) is 0. The van der Waals surface area contributed by atoms with Crippen molar-refractivity contribution in [3.63, 3.8) is 0 Å². The molecule has 1 heterocycles. The Morgan fingerprint density at radius 3 is 2.18 bits per heavy atom. The van der Waals surface area contributed by atoms with Crippen LogP contribution in [0.3, 0.4) is 0 Å². The van der Waals surface area contributed by atoms with E-state index in [9.17, 15) is 9.18 Å². The van der Waals surface area contributed by atoms with Crippen LogP contribution in [0.25, 0.3) is 0 Å². The monoisotopic (exact) mass is 298 g/mol. The maximum absolute atomic E-state index is 12.9. The average molecular weight is 298 g/mol. The summed E-state index contributed by atoms with van der Waals surface area (Å²) in [5.41, 5.74) is 1.80. The highest BCUT2D eigenvalue weighted by Gasteiger charge is 2.19. The van der Waals surface area contributed by atoms with Crippen LogP contribution in [0.15, 0.2) is 54.6 Å². The van der Waals surface area contributed by atoms with Crippen molar-refractivity contribution in [1.29, 1.82) is 0 Å². The molecule has 4 heteroatoms. The smallest absolute Gasteiger partial charge is 0.176 e. The van der Waals surface area contributed by atoms with E-state index in [2.05, 4.69) is 21.9 Å². The van der Waals surface area contributed by atoms with E-state index in [1.807, 2.05) is 18.2 Å². The number of Topliss-reactive ketones (excluding diaryl/α,β-unsaturated/α-hetero) is 1. The first-order valence-corrected chi connectivity index (χ1v) is 7.53. The van der Waals surface area contributed by atoms with E-state index in [0.717, 1.165) is 26.2 Å². The molecule has 2 aromatic rings. The van der Waals surface area contributed by atoms with E-state index in [-0.39, 0.29) is 11.6 Å². The van der Waals surface area contributed by atoms with E-state index < -0.39 is 0 Å². The number of carbonyl (C=O) groups is 1. The van der Waals surface area contributed by atoms with Crippen molar-refractivity contribution in [2.45, 2.75) is 0 Å². The predicted octanol–water partition coefficient (Wildman–Crippen LogP) is 2.83. The highest BCUT2D eigenvalue weighted by Crippen LogP contribution is 2.15. The van der Waals surface area contributed by atoms with Crippen LogP contribution in [0.4, 0.5) is 10.1 Å². The van der Waals surface area contributed by atoms with Crippen molar-refractivity contribution in [3.05, 3.63) is 66.0 Å². The summed E-state index contributed by atoms with van der Waals surface area (Å²) in [5.74, 6) is -0.263. The summed E-state index contributed by atoms with van der Waals surface area (Å²) in [6.07, 6.45) is 0. The van der Waals surface area contributed by atoms with Gasteiger partial charge >= 0.3 is 0 Å². The zero-order chi connectivity index (χ0) is 15.4. The Balaban J connectivity index is 1.53. The molecule has 1 saturated heterocycles. The normalized spacial score (nSPS) is 15.8. The Morgan fingerprint density at radius 2 is 1.55 bits per heavy atom. The second kappa shape index (κ2) is 6.71. The molecule has 0 amide bonds. The lowest BCUT2D eigenvalue weighted by Gasteiger charge is -2.35. The van der Waals surface area contributed by atoms with Gasteiger partial charge in [0.05, 0.1) is 6.54 Å². The average Bonchev–Trinajstić information content (AvgIpc) is 2.57. The highest BCUT2D eigenvalue weighted by molar-refractivity contribution is 5.97. The molecular weight excluding hydrogens is 279 g/mol. The lowest BCUT2D eigenvalue weighted by Crippen LogP contribution is -2.48. The molecule has 0 unspecified atom stereocenters. The number of piperazine rings is 1. The molecule has 0 bridgehead atoms. The molecule has 0 radical (unpaired) electrons. The number of nitrogens with zero attached hydrogens (tertiary/aromatic N) is 2. The number of ketones is 1. The number of rotatable bonds is 4. The van der Waals surface area contributed by atoms with Crippen LogP contribution in [0, 0.1) is 5.82 Å². The van der Waals surface area contributed by atoms with Gasteiger partial charge in [0, 0.05) is 37.4 Å². The van der Waals surface area contributed by atoms with Crippen molar-refractivity contribution < 1.29 is 9.18 Å².